The standard InChI is InChI=1S/C22H13FO2S/c23-16-11-12-18-17(13-16)22(26)19(20(24)14-7-3-1-4-8-14)21(25-18)15-9-5-2-6-10-15/h1-13H. The molecule has 0 aliphatic heterocycles. The second-order valence-electron chi connectivity index (χ2n) is 5.84. The van der Waals surface area contributed by atoms with Crippen molar-refractivity contribution in [2.24, 2.45) is 0 Å². The van der Waals surface area contributed by atoms with Crippen LogP contribution in [0.25, 0.3) is 22.3 Å². The maximum atomic E-state index is 13.7. The lowest BCUT2D eigenvalue weighted by Crippen LogP contribution is -2.05. The third kappa shape index (κ3) is 2.85. The minimum Gasteiger partial charge on any atom is -0.455 e. The second-order valence-corrected chi connectivity index (χ2v) is 6.25. The molecule has 0 N–H and O–H groups in total. The molecule has 0 saturated heterocycles. The van der Waals surface area contributed by atoms with Crippen LogP contribution < -0.4 is 0 Å². The average molecular weight is 360 g/mol. The number of halogens is 1. The monoisotopic (exact) mass is 360 g/mol. The summed E-state index contributed by atoms with van der Waals surface area (Å²) in [6, 6.07) is 22.3. The second kappa shape index (κ2) is 6.65. The van der Waals surface area contributed by atoms with Crippen molar-refractivity contribution in [2.75, 3.05) is 0 Å². The van der Waals surface area contributed by atoms with E-state index in [4.69, 9.17) is 16.6 Å². The molecule has 1 heterocycles. The molecule has 0 spiro atoms. The summed E-state index contributed by atoms with van der Waals surface area (Å²) in [5.74, 6) is -0.280. The Labute approximate surface area is 154 Å². The van der Waals surface area contributed by atoms with Gasteiger partial charge in [0.15, 0.2) is 5.78 Å². The minimum absolute atomic E-state index is 0.246. The van der Waals surface area contributed by atoms with E-state index < -0.39 is 5.82 Å². The van der Waals surface area contributed by atoms with Crippen molar-refractivity contribution in [3.05, 3.63) is 100 Å². The highest BCUT2D eigenvalue weighted by Crippen LogP contribution is 2.32. The molecular weight excluding hydrogens is 347 g/mol. The van der Waals surface area contributed by atoms with Crippen LogP contribution >= 0.6 is 12.2 Å². The number of ketones is 1. The molecule has 0 bridgehead atoms. The number of hydrogen-bond acceptors (Lipinski definition) is 3. The van der Waals surface area contributed by atoms with Gasteiger partial charge in [0.05, 0.1) is 10.1 Å². The predicted octanol–water partition coefficient (Wildman–Crippen LogP) is 6.20. The van der Waals surface area contributed by atoms with Crippen molar-refractivity contribution in [1.82, 2.24) is 0 Å². The Kier molecular flexibility index (Phi) is 4.19. The van der Waals surface area contributed by atoms with Gasteiger partial charge in [0.25, 0.3) is 0 Å². The van der Waals surface area contributed by atoms with Gasteiger partial charge in [0.1, 0.15) is 17.2 Å². The summed E-state index contributed by atoms with van der Waals surface area (Å²) >= 11 is 5.57. The molecule has 126 valence electrons. The van der Waals surface area contributed by atoms with Gasteiger partial charge in [-0.3, -0.25) is 4.79 Å². The number of hydrogen-bond donors (Lipinski definition) is 0. The molecular formula is C22H13FO2S. The zero-order valence-electron chi connectivity index (χ0n) is 13.6. The number of fused-ring (bicyclic) bond motifs is 1. The Balaban J connectivity index is 2.07. The smallest absolute Gasteiger partial charge is 0.198 e. The molecule has 3 aromatic carbocycles. The highest BCUT2D eigenvalue weighted by atomic mass is 32.1. The first-order valence-corrected chi connectivity index (χ1v) is 8.47. The minimum atomic E-state index is -0.427. The molecule has 26 heavy (non-hydrogen) atoms. The van der Waals surface area contributed by atoms with Gasteiger partial charge in [0.2, 0.25) is 0 Å². The fraction of sp³-hybridized carbons (Fsp3) is 0. The summed E-state index contributed by atoms with van der Waals surface area (Å²) in [4.78, 5) is 13.2. The van der Waals surface area contributed by atoms with Crippen LogP contribution in [0.3, 0.4) is 0 Å². The van der Waals surface area contributed by atoms with Crippen molar-refractivity contribution < 1.29 is 13.6 Å². The van der Waals surface area contributed by atoms with Gasteiger partial charge in [0, 0.05) is 16.5 Å². The molecule has 4 aromatic rings. The summed E-state index contributed by atoms with van der Waals surface area (Å²) in [6.45, 7) is 0. The highest BCUT2D eigenvalue weighted by molar-refractivity contribution is 7.71. The largest absolute Gasteiger partial charge is 0.455 e. The third-order valence-corrected chi connectivity index (χ3v) is 4.58. The van der Waals surface area contributed by atoms with Crippen LogP contribution in [0.1, 0.15) is 15.9 Å². The maximum absolute atomic E-state index is 13.7. The number of rotatable bonds is 3. The summed E-state index contributed by atoms with van der Waals surface area (Å²) in [6.07, 6.45) is 0. The van der Waals surface area contributed by atoms with E-state index in [2.05, 4.69) is 0 Å². The molecule has 0 radical (unpaired) electrons. The van der Waals surface area contributed by atoms with Crippen LogP contribution in [0.2, 0.25) is 0 Å². The van der Waals surface area contributed by atoms with E-state index in [0.717, 1.165) is 5.56 Å². The van der Waals surface area contributed by atoms with E-state index in [1.807, 2.05) is 36.4 Å². The van der Waals surface area contributed by atoms with Crippen LogP contribution in [0, 0.1) is 10.3 Å². The lowest BCUT2D eigenvalue weighted by atomic mass is 9.98. The Bertz CT molecular complexity index is 1170. The Hall–Kier alpha value is -3.11. The van der Waals surface area contributed by atoms with Gasteiger partial charge in [-0.15, -0.1) is 0 Å². The van der Waals surface area contributed by atoms with Gasteiger partial charge in [-0.25, -0.2) is 4.39 Å². The van der Waals surface area contributed by atoms with E-state index in [1.54, 1.807) is 24.3 Å². The molecule has 0 aliphatic rings. The number of carbonyl (C=O) groups is 1. The topological polar surface area (TPSA) is 30.2 Å². The molecule has 4 rings (SSSR count). The molecule has 0 unspecified atom stereocenters. The fourth-order valence-corrected chi connectivity index (χ4v) is 3.25. The quantitative estimate of drug-likeness (QED) is 0.322. The maximum Gasteiger partial charge on any atom is 0.198 e. The third-order valence-electron chi connectivity index (χ3n) is 4.15. The zero-order valence-corrected chi connectivity index (χ0v) is 14.4. The van der Waals surface area contributed by atoms with Gasteiger partial charge in [-0.1, -0.05) is 72.9 Å². The van der Waals surface area contributed by atoms with Gasteiger partial charge >= 0.3 is 0 Å². The summed E-state index contributed by atoms with van der Waals surface area (Å²) in [5, 5.41) is 0.416. The van der Waals surface area contributed by atoms with Crippen LogP contribution in [-0.2, 0) is 0 Å². The van der Waals surface area contributed by atoms with E-state index in [0.29, 0.717) is 26.8 Å². The van der Waals surface area contributed by atoms with Gasteiger partial charge in [-0.2, -0.15) is 0 Å². The lowest BCUT2D eigenvalue weighted by Gasteiger charge is -2.11. The zero-order chi connectivity index (χ0) is 18.1. The van der Waals surface area contributed by atoms with Crippen LogP contribution in [0.15, 0.2) is 83.3 Å². The molecule has 2 nitrogen and oxygen atoms in total. The van der Waals surface area contributed by atoms with Crippen molar-refractivity contribution in [3.63, 3.8) is 0 Å². The van der Waals surface area contributed by atoms with Gasteiger partial charge in [-0.05, 0) is 18.2 Å². The highest BCUT2D eigenvalue weighted by Gasteiger charge is 2.21. The molecule has 0 aliphatic carbocycles. The van der Waals surface area contributed by atoms with E-state index in [9.17, 15) is 9.18 Å². The first-order chi connectivity index (χ1) is 12.6. The SMILES string of the molecule is O=C(c1ccccc1)c1c(-c2ccccc2)oc2ccc(F)cc2c1=S. The molecule has 0 fully saturated rings. The normalized spacial score (nSPS) is 10.8. The summed E-state index contributed by atoms with van der Waals surface area (Å²) < 4.78 is 20.0. The fourth-order valence-electron chi connectivity index (χ4n) is 2.90. The molecule has 0 atom stereocenters. The van der Waals surface area contributed by atoms with E-state index in [1.165, 1.54) is 18.2 Å². The molecule has 0 amide bonds. The Morgan fingerprint density at radius 3 is 2.23 bits per heavy atom. The van der Waals surface area contributed by atoms with Crippen molar-refractivity contribution in [1.29, 1.82) is 0 Å². The molecule has 4 heteroatoms. The average Bonchev–Trinajstić information content (AvgIpc) is 2.69. The van der Waals surface area contributed by atoms with Crippen molar-refractivity contribution >= 4 is 29.0 Å². The van der Waals surface area contributed by atoms with E-state index >= 15 is 0 Å². The number of carbonyl (C=O) groups excluding carboxylic acids is 1. The Morgan fingerprint density at radius 1 is 0.885 bits per heavy atom. The van der Waals surface area contributed by atoms with E-state index in [-0.39, 0.29) is 11.3 Å². The van der Waals surface area contributed by atoms with Crippen LogP contribution in [-0.4, -0.2) is 5.78 Å². The number of benzene rings is 3. The van der Waals surface area contributed by atoms with Gasteiger partial charge < -0.3 is 4.42 Å². The first-order valence-electron chi connectivity index (χ1n) is 8.06. The van der Waals surface area contributed by atoms with Crippen LogP contribution in [0.5, 0.6) is 0 Å². The van der Waals surface area contributed by atoms with Crippen molar-refractivity contribution in [2.45, 2.75) is 0 Å². The summed E-state index contributed by atoms with van der Waals surface area (Å²) in [7, 11) is 0. The molecule has 1 aromatic heterocycles. The summed E-state index contributed by atoms with van der Waals surface area (Å²) in [5.41, 5.74) is 1.96. The van der Waals surface area contributed by atoms with Crippen molar-refractivity contribution in [3.8, 4) is 11.3 Å². The first kappa shape index (κ1) is 16.4. The van der Waals surface area contributed by atoms with Crippen LogP contribution in [0.4, 0.5) is 4.39 Å². The Morgan fingerprint density at radius 2 is 1.54 bits per heavy atom. The molecule has 0 saturated carbocycles. The lowest BCUT2D eigenvalue weighted by molar-refractivity contribution is 0.103. The predicted molar refractivity (Wildman–Crippen MR) is 102 cm³/mol.